The Balaban J connectivity index is 2.03. The van der Waals surface area contributed by atoms with Gasteiger partial charge < -0.3 is 5.32 Å². The predicted molar refractivity (Wildman–Crippen MR) is 88.8 cm³/mol. The van der Waals surface area contributed by atoms with Gasteiger partial charge in [-0.2, -0.15) is 0 Å². The van der Waals surface area contributed by atoms with Crippen LogP contribution in [0, 0.1) is 20.8 Å². The molecule has 1 N–H and O–H groups in total. The van der Waals surface area contributed by atoms with E-state index in [9.17, 15) is 0 Å². The lowest BCUT2D eigenvalue weighted by atomic mass is 10.2. The Kier molecular flexibility index (Phi) is 5.76. The molecule has 0 unspecified atom stereocenters. The summed E-state index contributed by atoms with van der Waals surface area (Å²) in [7, 11) is 0. The number of benzene rings is 1. The first-order valence-electron chi connectivity index (χ1n) is 7.39. The molecule has 3 nitrogen and oxygen atoms in total. The van der Waals surface area contributed by atoms with E-state index >= 15 is 0 Å². The normalized spacial score (nSPS) is 10.9. The van der Waals surface area contributed by atoms with E-state index in [4.69, 9.17) is 0 Å². The summed E-state index contributed by atoms with van der Waals surface area (Å²) in [5.41, 5.74) is 4.61. The minimum Gasteiger partial charge on any atom is -0.313 e. The zero-order valence-electron chi connectivity index (χ0n) is 13.2. The molecule has 1 heterocycles. The molecule has 0 spiro atoms. The fourth-order valence-corrected chi connectivity index (χ4v) is 2.83. The van der Waals surface area contributed by atoms with Crippen molar-refractivity contribution in [2.24, 2.45) is 0 Å². The Morgan fingerprint density at radius 3 is 2.19 bits per heavy atom. The smallest absolute Gasteiger partial charge is 0.192 e. The van der Waals surface area contributed by atoms with Crippen LogP contribution in [-0.2, 0) is 6.54 Å². The first-order valence-corrected chi connectivity index (χ1v) is 8.21. The molecule has 0 saturated carbocycles. The van der Waals surface area contributed by atoms with Crippen molar-refractivity contribution in [3.05, 3.63) is 46.8 Å². The van der Waals surface area contributed by atoms with Crippen LogP contribution < -0.4 is 5.32 Å². The highest BCUT2D eigenvalue weighted by atomic mass is 32.2. The van der Waals surface area contributed by atoms with E-state index in [1.165, 1.54) is 16.0 Å². The summed E-state index contributed by atoms with van der Waals surface area (Å²) in [5.74, 6) is 0. The van der Waals surface area contributed by atoms with Gasteiger partial charge in [-0.05, 0) is 68.8 Å². The first kappa shape index (κ1) is 16.0. The Labute approximate surface area is 131 Å². The second kappa shape index (κ2) is 7.57. The molecule has 0 fully saturated rings. The molecule has 2 aromatic rings. The SMILES string of the molecule is CCCNCc1ccc(Sc2nc(C)c(C)c(C)n2)cc1. The van der Waals surface area contributed by atoms with Crippen molar-refractivity contribution in [2.75, 3.05) is 6.54 Å². The Morgan fingerprint density at radius 2 is 1.62 bits per heavy atom. The molecule has 0 saturated heterocycles. The fourth-order valence-electron chi connectivity index (χ4n) is 1.98. The maximum absolute atomic E-state index is 4.55. The van der Waals surface area contributed by atoms with Crippen molar-refractivity contribution in [3.63, 3.8) is 0 Å². The molecule has 0 bridgehead atoms. The molecule has 2 rings (SSSR count). The van der Waals surface area contributed by atoms with Gasteiger partial charge in [-0.1, -0.05) is 19.1 Å². The number of rotatable bonds is 6. The van der Waals surface area contributed by atoms with Gasteiger partial charge in [0.1, 0.15) is 0 Å². The molecule has 1 aromatic carbocycles. The van der Waals surface area contributed by atoms with Gasteiger partial charge in [0.25, 0.3) is 0 Å². The van der Waals surface area contributed by atoms with Crippen molar-refractivity contribution in [1.82, 2.24) is 15.3 Å². The van der Waals surface area contributed by atoms with Gasteiger partial charge in [0, 0.05) is 22.8 Å². The van der Waals surface area contributed by atoms with Gasteiger partial charge in [-0.15, -0.1) is 0 Å². The predicted octanol–water partition coefficient (Wildman–Crippen LogP) is 4.05. The number of hydrogen-bond acceptors (Lipinski definition) is 4. The van der Waals surface area contributed by atoms with Gasteiger partial charge in [-0.25, -0.2) is 9.97 Å². The molecular formula is C17H23N3S. The maximum Gasteiger partial charge on any atom is 0.192 e. The number of hydrogen-bond donors (Lipinski definition) is 1. The van der Waals surface area contributed by atoms with Crippen LogP contribution in [0.25, 0.3) is 0 Å². The summed E-state index contributed by atoms with van der Waals surface area (Å²) < 4.78 is 0. The van der Waals surface area contributed by atoms with Gasteiger partial charge >= 0.3 is 0 Å². The van der Waals surface area contributed by atoms with E-state index in [1.807, 2.05) is 13.8 Å². The van der Waals surface area contributed by atoms with E-state index in [-0.39, 0.29) is 0 Å². The highest BCUT2D eigenvalue weighted by Crippen LogP contribution is 2.26. The monoisotopic (exact) mass is 301 g/mol. The van der Waals surface area contributed by atoms with Gasteiger partial charge in [0.15, 0.2) is 5.16 Å². The Bertz CT molecular complexity index is 570. The zero-order valence-corrected chi connectivity index (χ0v) is 14.0. The Hall–Kier alpha value is -1.39. The van der Waals surface area contributed by atoms with Crippen LogP contribution in [-0.4, -0.2) is 16.5 Å². The molecule has 0 aliphatic carbocycles. The third kappa shape index (κ3) is 4.55. The van der Waals surface area contributed by atoms with Crippen LogP contribution in [0.15, 0.2) is 34.3 Å². The topological polar surface area (TPSA) is 37.8 Å². The molecule has 1 aromatic heterocycles. The van der Waals surface area contributed by atoms with Crippen LogP contribution in [0.5, 0.6) is 0 Å². The van der Waals surface area contributed by atoms with E-state index < -0.39 is 0 Å². The summed E-state index contributed by atoms with van der Waals surface area (Å²) in [6.45, 7) is 10.3. The van der Waals surface area contributed by atoms with E-state index in [0.717, 1.165) is 36.1 Å². The van der Waals surface area contributed by atoms with Gasteiger partial charge in [0.05, 0.1) is 0 Å². The minimum absolute atomic E-state index is 0.826. The highest BCUT2D eigenvalue weighted by Gasteiger charge is 2.06. The Morgan fingerprint density at radius 1 is 1.00 bits per heavy atom. The summed E-state index contributed by atoms with van der Waals surface area (Å²) in [4.78, 5) is 10.3. The standard InChI is InChI=1S/C17H23N3S/c1-5-10-18-11-15-6-8-16(9-7-15)21-17-19-13(3)12(2)14(4)20-17/h6-9,18H,5,10-11H2,1-4H3. The average Bonchev–Trinajstić information content (AvgIpc) is 2.47. The number of nitrogens with one attached hydrogen (secondary N) is 1. The molecule has 0 radical (unpaired) electrons. The summed E-state index contributed by atoms with van der Waals surface area (Å²) in [6, 6.07) is 8.61. The van der Waals surface area contributed by atoms with E-state index in [2.05, 4.69) is 53.4 Å². The van der Waals surface area contributed by atoms with Gasteiger partial charge in [0.2, 0.25) is 0 Å². The third-order valence-corrected chi connectivity index (χ3v) is 4.37. The van der Waals surface area contributed by atoms with Crippen molar-refractivity contribution in [1.29, 1.82) is 0 Å². The number of aromatic nitrogens is 2. The second-order valence-electron chi connectivity index (χ2n) is 5.22. The van der Waals surface area contributed by atoms with Gasteiger partial charge in [-0.3, -0.25) is 0 Å². The lowest BCUT2D eigenvalue weighted by Crippen LogP contribution is -2.13. The third-order valence-electron chi connectivity index (χ3n) is 3.50. The van der Waals surface area contributed by atoms with E-state index in [1.54, 1.807) is 11.8 Å². The quantitative estimate of drug-likeness (QED) is 0.645. The zero-order chi connectivity index (χ0) is 15.2. The number of aryl methyl sites for hydroxylation is 2. The summed E-state index contributed by atoms with van der Waals surface area (Å²) in [6.07, 6.45) is 1.16. The summed E-state index contributed by atoms with van der Waals surface area (Å²) >= 11 is 1.62. The van der Waals surface area contributed by atoms with Crippen LogP contribution in [0.2, 0.25) is 0 Å². The molecule has 0 aliphatic rings. The molecule has 0 atom stereocenters. The van der Waals surface area contributed by atoms with Crippen molar-refractivity contribution >= 4 is 11.8 Å². The van der Waals surface area contributed by atoms with E-state index in [0.29, 0.717) is 0 Å². The average molecular weight is 301 g/mol. The molecular weight excluding hydrogens is 278 g/mol. The van der Waals surface area contributed by atoms with Crippen molar-refractivity contribution in [3.8, 4) is 0 Å². The molecule has 4 heteroatoms. The largest absolute Gasteiger partial charge is 0.313 e. The first-order chi connectivity index (χ1) is 10.1. The molecule has 0 aliphatic heterocycles. The fraction of sp³-hybridized carbons (Fsp3) is 0.412. The van der Waals surface area contributed by atoms with Crippen LogP contribution in [0.1, 0.15) is 35.9 Å². The summed E-state index contributed by atoms with van der Waals surface area (Å²) in [5, 5.41) is 4.24. The molecule has 0 amide bonds. The van der Waals surface area contributed by atoms with Crippen LogP contribution in [0.3, 0.4) is 0 Å². The maximum atomic E-state index is 4.55. The van der Waals surface area contributed by atoms with Crippen molar-refractivity contribution in [2.45, 2.75) is 50.7 Å². The minimum atomic E-state index is 0.826. The highest BCUT2D eigenvalue weighted by molar-refractivity contribution is 7.99. The van der Waals surface area contributed by atoms with Crippen LogP contribution >= 0.6 is 11.8 Å². The van der Waals surface area contributed by atoms with Crippen LogP contribution in [0.4, 0.5) is 0 Å². The lowest BCUT2D eigenvalue weighted by molar-refractivity contribution is 0.675. The molecule has 21 heavy (non-hydrogen) atoms. The lowest BCUT2D eigenvalue weighted by Gasteiger charge is -2.07. The number of nitrogens with zero attached hydrogens (tertiary/aromatic N) is 2. The second-order valence-corrected chi connectivity index (χ2v) is 6.27. The van der Waals surface area contributed by atoms with Crippen molar-refractivity contribution < 1.29 is 0 Å². The molecule has 112 valence electrons.